The summed E-state index contributed by atoms with van der Waals surface area (Å²) in [4.78, 5) is 0. The molecule has 0 fully saturated rings. The fourth-order valence-electron chi connectivity index (χ4n) is 2.82. The Bertz CT molecular complexity index is 890. The molecule has 0 N–H and O–H groups in total. The number of benzene rings is 1. The van der Waals surface area contributed by atoms with E-state index in [0.29, 0.717) is 0 Å². The summed E-state index contributed by atoms with van der Waals surface area (Å²) in [6.07, 6.45) is 16.7. The summed E-state index contributed by atoms with van der Waals surface area (Å²) >= 11 is 0. The third kappa shape index (κ3) is 7.40. The van der Waals surface area contributed by atoms with Crippen molar-refractivity contribution in [3.63, 3.8) is 0 Å². The smallest absolute Gasteiger partial charge is 0.0198 e. The van der Waals surface area contributed by atoms with Gasteiger partial charge in [0.25, 0.3) is 0 Å². The first-order valence-electron chi connectivity index (χ1n) is 9.73. The van der Waals surface area contributed by atoms with Gasteiger partial charge in [-0.1, -0.05) is 91.6 Å². The van der Waals surface area contributed by atoms with Gasteiger partial charge in [0.1, 0.15) is 0 Å². The fourth-order valence-corrected chi connectivity index (χ4v) is 2.82. The van der Waals surface area contributed by atoms with Gasteiger partial charge in [-0.2, -0.15) is 0 Å². The lowest BCUT2D eigenvalue weighted by atomic mass is 9.98. The summed E-state index contributed by atoms with van der Waals surface area (Å²) in [5.41, 5.74) is 9.44. The predicted octanol–water partition coefficient (Wildman–Crippen LogP) is 8.48. The molecule has 0 aromatic heterocycles. The van der Waals surface area contributed by atoms with E-state index in [-0.39, 0.29) is 0 Å². The number of hydrogen-bond acceptors (Lipinski definition) is 0. The Balaban J connectivity index is 3.04. The quantitative estimate of drug-likeness (QED) is 0.402. The molecule has 0 saturated carbocycles. The Kier molecular flexibility index (Phi) is 9.74. The van der Waals surface area contributed by atoms with E-state index in [4.69, 9.17) is 0 Å². The molecule has 0 aliphatic heterocycles. The van der Waals surface area contributed by atoms with Gasteiger partial charge in [-0.05, 0) is 80.5 Å². The minimum atomic E-state index is 1.02. The number of hydrogen-bond donors (Lipinski definition) is 0. The molecule has 0 bridgehead atoms. The van der Waals surface area contributed by atoms with E-state index in [2.05, 4.69) is 108 Å². The van der Waals surface area contributed by atoms with Gasteiger partial charge in [0.2, 0.25) is 0 Å². The average Bonchev–Trinajstić information content (AvgIpc) is 2.67. The Hall–Kier alpha value is -2.86. The normalized spacial score (nSPS) is 14.6. The molecule has 0 saturated heterocycles. The molecular formula is C28H34. The van der Waals surface area contributed by atoms with E-state index in [1.807, 2.05) is 19.1 Å². The standard InChI is InChI=1S/C28H34/c1-9-13-21(3)16-17-23(5)27(10-2)19-18-22(4)25(7)20-26(8)28-15-12-11-14-24(28)6/h9-20H,2,7H2,1,3-6,8H3/b13-9-,21-16-,22-18+,23-17+,26-20-,27-19+. The zero-order valence-corrected chi connectivity index (χ0v) is 18.3. The highest BCUT2D eigenvalue weighted by Crippen LogP contribution is 2.22. The third-order valence-corrected chi connectivity index (χ3v) is 4.68. The van der Waals surface area contributed by atoms with Crippen LogP contribution in [0.3, 0.4) is 0 Å². The van der Waals surface area contributed by atoms with E-state index in [9.17, 15) is 0 Å². The third-order valence-electron chi connectivity index (χ3n) is 4.68. The lowest BCUT2D eigenvalue weighted by molar-refractivity contribution is 1.38. The topological polar surface area (TPSA) is 0 Å². The summed E-state index contributed by atoms with van der Waals surface area (Å²) < 4.78 is 0. The molecule has 0 atom stereocenters. The summed E-state index contributed by atoms with van der Waals surface area (Å²) in [5, 5.41) is 0. The molecule has 0 aliphatic rings. The van der Waals surface area contributed by atoms with Crippen LogP contribution in [0.15, 0.2) is 114 Å². The van der Waals surface area contributed by atoms with Crippen LogP contribution in [-0.2, 0) is 0 Å². The second-order valence-electron chi connectivity index (χ2n) is 7.10. The van der Waals surface area contributed by atoms with Crippen molar-refractivity contribution in [2.45, 2.75) is 41.5 Å². The summed E-state index contributed by atoms with van der Waals surface area (Å²) in [6.45, 7) is 20.8. The van der Waals surface area contributed by atoms with Crippen molar-refractivity contribution >= 4 is 5.57 Å². The van der Waals surface area contributed by atoms with E-state index in [1.165, 1.54) is 27.8 Å². The van der Waals surface area contributed by atoms with Gasteiger partial charge in [0, 0.05) is 0 Å². The molecule has 0 aliphatic carbocycles. The largest absolute Gasteiger partial charge is 0.0985 e. The van der Waals surface area contributed by atoms with Crippen LogP contribution in [0.4, 0.5) is 0 Å². The zero-order chi connectivity index (χ0) is 21.1. The lowest BCUT2D eigenvalue weighted by Crippen LogP contribution is -1.87. The van der Waals surface area contributed by atoms with Gasteiger partial charge < -0.3 is 0 Å². The van der Waals surface area contributed by atoms with Crippen LogP contribution in [0.2, 0.25) is 0 Å². The molecule has 0 spiro atoms. The van der Waals surface area contributed by atoms with Crippen molar-refractivity contribution in [2.75, 3.05) is 0 Å². The van der Waals surface area contributed by atoms with Gasteiger partial charge in [-0.3, -0.25) is 0 Å². The van der Waals surface area contributed by atoms with Crippen molar-refractivity contribution in [3.8, 4) is 0 Å². The van der Waals surface area contributed by atoms with Crippen molar-refractivity contribution in [3.05, 3.63) is 125 Å². The minimum Gasteiger partial charge on any atom is -0.0985 e. The van der Waals surface area contributed by atoms with Gasteiger partial charge >= 0.3 is 0 Å². The van der Waals surface area contributed by atoms with Crippen molar-refractivity contribution in [2.24, 2.45) is 0 Å². The van der Waals surface area contributed by atoms with Crippen LogP contribution in [0, 0.1) is 6.92 Å². The number of rotatable bonds is 8. The van der Waals surface area contributed by atoms with Crippen LogP contribution in [0.1, 0.15) is 45.7 Å². The molecule has 0 nitrogen and oxygen atoms in total. The minimum absolute atomic E-state index is 1.02. The lowest BCUT2D eigenvalue weighted by Gasteiger charge is -2.08. The molecular weight excluding hydrogens is 336 g/mol. The first-order chi connectivity index (χ1) is 13.3. The molecule has 0 radical (unpaired) electrons. The highest BCUT2D eigenvalue weighted by molar-refractivity contribution is 5.70. The number of aryl methyl sites for hydroxylation is 1. The Morgan fingerprint density at radius 2 is 1.54 bits per heavy atom. The van der Waals surface area contributed by atoms with Crippen LogP contribution in [0.5, 0.6) is 0 Å². The van der Waals surface area contributed by atoms with E-state index >= 15 is 0 Å². The van der Waals surface area contributed by atoms with Gasteiger partial charge in [-0.15, -0.1) is 0 Å². The number of allylic oxidation sites excluding steroid dienone is 14. The monoisotopic (exact) mass is 370 g/mol. The van der Waals surface area contributed by atoms with E-state index in [1.54, 1.807) is 0 Å². The predicted molar refractivity (Wildman–Crippen MR) is 128 cm³/mol. The highest BCUT2D eigenvalue weighted by atomic mass is 14.1. The molecule has 1 aromatic carbocycles. The van der Waals surface area contributed by atoms with Crippen molar-refractivity contribution in [1.82, 2.24) is 0 Å². The average molecular weight is 371 g/mol. The fraction of sp³-hybridized carbons (Fsp3) is 0.214. The maximum absolute atomic E-state index is 4.25. The Labute approximate surface area is 172 Å². The van der Waals surface area contributed by atoms with Gasteiger partial charge in [0.05, 0.1) is 0 Å². The highest BCUT2D eigenvalue weighted by Gasteiger charge is 2.01. The molecule has 0 heterocycles. The maximum atomic E-state index is 4.25. The van der Waals surface area contributed by atoms with E-state index in [0.717, 1.165) is 16.7 Å². The van der Waals surface area contributed by atoms with Crippen LogP contribution in [0.25, 0.3) is 5.57 Å². The summed E-state index contributed by atoms with van der Waals surface area (Å²) in [7, 11) is 0. The van der Waals surface area contributed by atoms with Crippen LogP contribution in [-0.4, -0.2) is 0 Å². The van der Waals surface area contributed by atoms with Gasteiger partial charge in [-0.25, -0.2) is 0 Å². The Morgan fingerprint density at radius 3 is 2.14 bits per heavy atom. The van der Waals surface area contributed by atoms with Gasteiger partial charge in [0.15, 0.2) is 0 Å². The Morgan fingerprint density at radius 1 is 0.893 bits per heavy atom. The second-order valence-corrected chi connectivity index (χ2v) is 7.10. The van der Waals surface area contributed by atoms with Crippen LogP contribution < -0.4 is 0 Å². The van der Waals surface area contributed by atoms with Crippen molar-refractivity contribution < 1.29 is 0 Å². The summed E-state index contributed by atoms with van der Waals surface area (Å²) in [6, 6.07) is 8.43. The molecule has 0 amide bonds. The SMILES string of the molecule is C=CC(=C\C=C(/C)C(=C)/C=C(/C)c1ccccc1C)/C(C)=C/C=C(C)\C=C/C. The molecule has 1 aromatic rings. The zero-order valence-electron chi connectivity index (χ0n) is 18.3. The second kappa shape index (κ2) is 11.8. The first kappa shape index (κ1) is 23.2. The molecule has 1 rings (SSSR count). The first-order valence-corrected chi connectivity index (χ1v) is 9.73. The maximum Gasteiger partial charge on any atom is -0.0198 e. The summed E-state index contributed by atoms with van der Waals surface area (Å²) in [5.74, 6) is 0. The van der Waals surface area contributed by atoms with Crippen molar-refractivity contribution in [1.29, 1.82) is 0 Å². The molecule has 146 valence electrons. The molecule has 0 heteroatoms. The van der Waals surface area contributed by atoms with Crippen LogP contribution >= 0.6 is 0 Å². The molecule has 0 unspecified atom stereocenters. The molecule has 28 heavy (non-hydrogen) atoms. The van der Waals surface area contributed by atoms with E-state index < -0.39 is 0 Å².